The first kappa shape index (κ1) is 14.2. The summed E-state index contributed by atoms with van der Waals surface area (Å²) in [7, 11) is 1.72. The van der Waals surface area contributed by atoms with Gasteiger partial charge in [0.1, 0.15) is 0 Å². The van der Waals surface area contributed by atoms with Crippen molar-refractivity contribution < 1.29 is 9.26 Å². The Morgan fingerprint density at radius 1 is 1.24 bits per heavy atom. The van der Waals surface area contributed by atoms with Crippen molar-refractivity contribution in [2.24, 2.45) is 0 Å². The second-order valence-electron chi connectivity index (χ2n) is 5.51. The van der Waals surface area contributed by atoms with Crippen molar-refractivity contribution in [3.8, 4) is 0 Å². The first-order valence-electron chi connectivity index (χ1n) is 7.43. The summed E-state index contributed by atoms with van der Waals surface area (Å²) in [6.45, 7) is 3.05. The predicted molar refractivity (Wildman–Crippen MR) is 78.7 cm³/mol. The van der Waals surface area contributed by atoms with Gasteiger partial charge in [0, 0.05) is 26.1 Å². The molecule has 0 amide bonds. The molecule has 1 aromatic heterocycles. The molecule has 1 fully saturated rings. The van der Waals surface area contributed by atoms with Crippen LogP contribution in [-0.4, -0.2) is 35.3 Å². The molecule has 0 radical (unpaired) electrons. The van der Waals surface area contributed by atoms with Crippen molar-refractivity contribution in [1.82, 2.24) is 15.0 Å². The lowest BCUT2D eigenvalue weighted by Crippen LogP contribution is -2.26. The molecule has 0 bridgehead atoms. The lowest BCUT2D eigenvalue weighted by molar-refractivity contribution is 0.131. The van der Waals surface area contributed by atoms with Gasteiger partial charge in [-0.3, -0.25) is 4.90 Å². The third-order valence-electron chi connectivity index (χ3n) is 3.65. The van der Waals surface area contributed by atoms with E-state index in [0.717, 1.165) is 18.9 Å². The van der Waals surface area contributed by atoms with E-state index in [1.165, 1.54) is 18.4 Å². The van der Waals surface area contributed by atoms with Gasteiger partial charge in [-0.2, -0.15) is 4.98 Å². The minimum Gasteiger partial charge on any atom is -0.383 e. The zero-order chi connectivity index (χ0) is 14.5. The van der Waals surface area contributed by atoms with Crippen LogP contribution >= 0.6 is 0 Å². The number of ether oxygens (including phenoxy) is 1. The summed E-state index contributed by atoms with van der Waals surface area (Å²) in [5.74, 6) is 2.10. The van der Waals surface area contributed by atoms with Crippen molar-refractivity contribution in [3.63, 3.8) is 0 Å². The van der Waals surface area contributed by atoms with Gasteiger partial charge in [-0.25, -0.2) is 0 Å². The Morgan fingerprint density at radius 2 is 2.05 bits per heavy atom. The average Bonchev–Trinajstić information content (AvgIpc) is 3.26. The normalized spacial score (nSPS) is 14.8. The van der Waals surface area contributed by atoms with E-state index in [4.69, 9.17) is 9.26 Å². The number of methoxy groups -OCH3 is 1. The second kappa shape index (κ2) is 6.83. The lowest BCUT2D eigenvalue weighted by atomic mass is 10.2. The van der Waals surface area contributed by atoms with Crippen LogP contribution < -0.4 is 0 Å². The predicted octanol–water partition coefficient (Wildman–Crippen LogP) is 2.60. The van der Waals surface area contributed by atoms with E-state index >= 15 is 0 Å². The first-order chi connectivity index (χ1) is 10.3. The topological polar surface area (TPSA) is 51.4 Å². The fourth-order valence-electron chi connectivity index (χ4n) is 2.31. The van der Waals surface area contributed by atoms with E-state index in [1.807, 2.05) is 6.07 Å². The molecule has 21 heavy (non-hydrogen) atoms. The Bertz CT molecular complexity index is 552. The molecule has 1 saturated carbocycles. The molecule has 3 rings (SSSR count). The van der Waals surface area contributed by atoms with Gasteiger partial charge in [-0.05, 0) is 18.4 Å². The molecule has 1 aliphatic rings. The van der Waals surface area contributed by atoms with Crippen molar-refractivity contribution in [2.75, 3.05) is 20.3 Å². The lowest BCUT2D eigenvalue weighted by Gasteiger charge is -2.20. The van der Waals surface area contributed by atoms with E-state index in [9.17, 15) is 0 Å². The minimum atomic E-state index is 0.532. The number of aromatic nitrogens is 2. The highest BCUT2D eigenvalue weighted by atomic mass is 16.5. The summed E-state index contributed by atoms with van der Waals surface area (Å²) >= 11 is 0. The monoisotopic (exact) mass is 287 g/mol. The SMILES string of the molecule is COCCN(Cc1ccccc1)Cc1nc(C2CC2)no1. The van der Waals surface area contributed by atoms with Gasteiger partial charge in [-0.1, -0.05) is 35.5 Å². The van der Waals surface area contributed by atoms with Gasteiger partial charge >= 0.3 is 0 Å². The smallest absolute Gasteiger partial charge is 0.240 e. The summed E-state index contributed by atoms with van der Waals surface area (Å²) in [6, 6.07) is 10.4. The van der Waals surface area contributed by atoms with Crippen LogP contribution in [0, 0.1) is 0 Å². The molecule has 0 N–H and O–H groups in total. The Morgan fingerprint density at radius 3 is 2.76 bits per heavy atom. The number of hydrogen-bond donors (Lipinski definition) is 0. The zero-order valence-electron chi connectivity index (χ0n) is 12.4. The molecule has 0 atom stereocenters. The van der Waals surface area contributed by atoms with Gasteiger partial charge < -0.3 is 9.26 Å². The van der Waals surface area contributed by atoms with Crippen molar-refractivity contribution >= 4 is 0 Å². The average molecular weight is 287 g/mol. The Balaban J connectivity index is 1.63. The maximum Gasteiger partial charge on any atom is 0.240 e. The maximum atomic E-state index is 5.37. The summed E-state index contributed by atoms with van der Waals surface area (Å²) in [5, 5.41) is 4.07. The summed E-state index contributed by atoms with van der Waals surface area (Å²) in [4.78, 5) is 6.77. The third-order valence-corrected chi connectivity index (χ3v) is 3.65. The molecular weight excluding hydrogens is 266 g/mol. The molecule has 0 unspecified atom stereocenters. The van der Waals surface area contributed by atoms with Gasteiger partial charge in [0.25, 0.3) is 0 Å². The molecular formula is C16H21N3O2. The van der Waals surface area contributed by atoms with Crippen LogP contribution in [-0.2, 0) is 17.8 Å². The van der Waals surface area contributed by atoms with Crippen LogP contribution in [0.2, 0.25) is 0 Å². The molecule has 1 aliphatic carbocycles. The number of rotatable bonds is 8. The van der Waals surface area contributed by atoms with Crippen molar-refractivity contribution in [3.05, 3.63) is 47.6 Å². The van der Waals surface area contributed by atoms with Crippen molar-refractivity contribution in [1.29, 1.82) is 0 Å². The van der Waals surface area contributed by atoms with E-state index in [1.54, 1.807) is 7.11 Å². The quantitative estimate of drug-likeness (QED) is 0.747. The minimum absolute atomic E-state index is 0.532. The summed E-state index contributed by atoms with van der Waals surface area (Å²) in [6.07, 6.45) is 2.38. The molecule has 0 aliphatic heterocycles. The largest absolute Gasteiger partial charge is 0.383 e. The molecule has 0 spiro atoms. The van der Waals surface area contributed by atoms with E-state index in [0.29, 0.717) is 25.0 Å². The molecule has 2 aromatic rings. The maximum absolute atomic E-state index is 5.37. The van der Waals surface area contributed by atoms with Crippen LogP contribution in [0.15, 0.2) is 34.9 Å². The fraction of sp³-hybridized carbons (Fsp3) is 0.500. The van der Waals surface area contributed by atoms with Crippen LogP contribution in [0.25, 0.3) is 0 Å². The second-order valence-corrected chi connectivity index (χ2v) is 5.51. The van der Waals surface area contributed by atoms with Gasteiger partial charge in [0.05, 0.1) is 13.2 Å². The highest BCUT2D eigenvalue weighted by Crippen LogP contribution is 2.38. The van der Waals surface area contributed by atoms with Gasteiger partial charge in [0.2, 0.25) is 5.89 Å². The van der Waals surface area contributed by atoms with Crippen LogP contribution in [0.3, 0.4) is 0 Å². The van der Waals surface area contributed by atoms with Gasteiger partial charge in [0.15, 0.2) is 5.82 Å². The molecule has 5 nitrogen and oxygen atoms in total. The van der Waals surface area contributed by atoms with Crippen LogP contribution in [0.5, 0.6) is 0 Å². The van der Waals surface area contributed by atoms with E-state index in [2.05, 4.69) is 39.3 Å². The van der Waals surface area contributed by atoms with Gasteiger partial charge in [-0.15, -0.1) is 0 Å². The summed E-state index contributed by atoms with van der Waals surface area (Å²) in [5.41, 5.74) is 1.27. The molecule has 0 saturated heterocycles. The van der Waals surface area contributed by atoms with E-state index < -0.39 is 0 Å². The molecule has 1 heterocycles. The molecule has 112 valence electrons. The van der Waals surface area contributed by atoms with Crippen LogP contribution in [0.1, 0.15) is 36.0 Å². The summed E-state index contributed by atoms with van der Waals surface area (Å²) < 4.78 is 10.6. The first-order valence-corrected chi connectivity index (χ1v) is 7.43. The van der Waals surface area contributed by atoms with Crippen LogP contribution in [0.4, 0.5) is 0 Å². The highest BCUT2D eigenvalue weighted by molar-refractivity contribution is 5.14. The number of hydrogen-bond acceptors (Lipinski definition) is 5. The Kier molecular flexibility index (Phi) is 4.62. The standard InChI is InChI=1S/C16H21N3O2/c1-20-10-9-19(11-13-5-3-2-4-6-13)12-15-17-16(18-21-15)14-7-8-14/h2-6,14H,7-12H2,1H3. The number of benzene rings is 1. The molecule has 5 heteroatoms. The zero-order valence-corrected chi connectivity index (χ0v) is 12.4. The fourth-order valence-corrected chi connectivity index (χ4v) is 2.31. The Labute approximate surface area is 124 Å². The highest BCUT2D eigenvalue weighted by Gasteiger charge is 2.28. The molecule has 1 aromatic carbocycles. The van der Waals surface area contributed by atoms with E-state index in [-0.39, 0.29) is 0 Å². The Hall–Kier alpha value is -1.72. The number of nitrogens with zero attached hydrogens (tertiary/aromatic N) is 3. The van der Waals surface area contributed by atoms with Crippen molar-refractivity contribution in [2.45, 2.75) is 31.8 Å². The third kappa shape index (κ3) is 4.12.